The quantitative estimate of drug-likeness (QED) is 0.576. The second-order valence-corrected chi connectivity index (χ2v) is 8.18. The van der Waals surface area contributed by atoms with Gasteiger partial charge in [-0.25, -0.2) is 0 Å². The molecule has 0 aliphatic heterocycles. The second-order valence-electron chi connectivity index (χ2n) is 6.96. The Morgan fingerprint density at radius 2 is 1.73 bits per heavy atom. The lowest BCUT2D eigenvalue weighted by Gasteiger charge is -2.30. The van der Waals surface area contributed by atoms with Crippen molar-refractivity contribution in [3.8, 4) is 5.75 Å². The van der Waals surface area contributed by atoms with Gasteiger partial charge in [0.2, 0.25) is 5.91 Å². The SMILES string of the molecule is CCC(C(=O)NC)N(Cc1ccc(Cl)cc1Cl)C(=O)COc1cc(C)c(Cl)c(C)c1. The maximum absolute atomic E-state index is 13.1. The Balaban J connectivity index is 2.26. The van der Waals surface area contributed by atoms with E-state index in [-0.39, 0.29) is 25.0 Å². The molecule has 2 aromatic carbocycles. The van der Waals surface area contributed by atoms with Crippen LogP contribution in [-0.4, -0.2) is 36.4 Å². The Hall–Kier alpha value is -1.95. The summed E-state index contributed by atoms with van der Waals surface area (Å²) in [5, 5.41) is 4.20. The van der Waals surface area contributed by atoms with E-state index in [1.54, 1.807) is 37.4 Å². The number of ether oxygens (including phenoxy) is 1. The highest BCUT2D eigenvalue weighted by molar-refractivity contribution is 6.35. The molecular weight excluding hydrogens is 447 g/mol. The molecule has 0 spiro atoms. The van der Waals surface area contributed by atoms with E-state index in [0.29, 0.717) is 32.8 Å². The molecule has 0 bridgehead atoms. The monoisotopic (exact) mass is 470 g/mol. The van der Waals surface area contributed by atoms with Gasteiger partial charge >= 0.3 is 0 Å². The minimum Gasteiger partial charge on any atom is -0.484 e. The van der Waals surface area contributed by atoms with E-state index in [0.717, 1.165) is 11.1 Å². The van der Waals surface area contributed by atoms with Gasteiger partial charge in [0.15, 0.2) is 6.61 Å². The van der Waals surface area contributed by atoms with E-state index in [4.69, 9.17) is 39.5 Å². The molecule has 0 radical (unpaired) electrons. The molecule has 5 nitrogen and oxygen atoms in total. The lowest BCUT2D eigenvalue weighted by atomic mass is 10.1. The first-order valence-corrected chi connectivity index (χ1v) is 10.7. The van der Waals surface area contributed by atoms with E-state index < -0.39 is 6.04 Å². The maximum Gasteiger partial charge on any atom is 0.261 e. The fourth-order valence-electron chi connectivity index (χ4n) is 3.14. The number of likely N-dealkylation sites (N-methyl/N-ethyl adjacent to an activating group) is 1. The second kappa shape index (κ2) is 10.9. The van der Waals surface area contributed by atoms with Gasteiger partial charge in [0.05, 0.1) is 0 Å². The van der Waals surface area contributed by atoms with E-state index >= 15 is 0 Å². The van der Waals surface area contributed by atoms with Crippen LogP contribution in [-0.2, 0) is 16.1 Å². The van der Waals surface area contributed by atoms with E-state index in [2.05, 4.69) is 5.32 Å². The molecule has 0 fully saturated rings. The molecule has 1 unspecified atom stereocenters. The van der Waals surface area contributed by atoms with Gasteiger partial charge in [0, 0.05) is 28.7 Å². The van der Waals surface area contributed by atoms with Crippen LogP contribution in [0.15, 0.2) is 30.3 Å². The average molecular weight is 472 g/mol. The molecule has 0 aliphatic rings. The molecule has 0 aromatic heterocycles. The number of benzene rings is 2. The van der Waals surface area contributed by atoms with Crippen molar-refractivity contribution in [1.29, 1.82) is 0 Å². The van der Waals surface area contributed by atoms with Crippen LogP contribution >= 0.6 is 34.8 Å². The smallest absolute Gasteiger partial charge is 0.261 e. The van der Waals surface area contributed by atoms with Crippen molar-refractivity contribution in [2.24, 2.45) is 0 Å². The lowest BCUT2D eigenvalue weighted by molar-refractivity contribution is -0.142. The molecule has 2 rings (SSSR count). The van der Waals surface area contributed by atoms with Crippen molar-refractivity contribution >= 4 is 46.6 Å². The molecule has 30 heavy (non-hydrogen) atoms. The summed E-state index contributed by atoms with van der Waals surface area (Å²) in [5.41, 5.74) is 2.41. The van der Waals surface area contributed by atoms with E-state index in [1.165, 1.54) is 4.90 Å². The van der Waals surface area contributed by atoms with Crippen molar-refractivity contribution in [3.05, 3.63) is 62.1 Å². The number of hydrogen-bond donors (Lipinski definition) is 1. The number of carbonyl (C=O) groups is 2. The number of halogens is 3. The van der Waals surface area contributed by atoms with Crippen LogP contribution in [0, 0.1) is 13.8 Å². The molecule has 8 heteroatoms. The summed E-state index contributed by atoms with van der Waals surface area (Å²) >= 11 is 18.5. The van der Waals surface area contributed by atoms with Gasteiger partial charge < -0.3 is 15.0 Å². The Labute approximate surface area is 192 Å². The summed E-state index contributed by atoms with van der Waals surface area (Å²) < 4.78 is 5.72. The van der Waals surface area contributed by atoms with Crippen LogP contribution in [0.5, 0.6) is 5.75 Å². The number of nitrogens with zero attached hydrogens (tertiary/aromatic N) is 1. The van der Waals surface area contributed by atoms with Crippen LogP contribution in [0.4, 0.5) is 0 Å². The Bertz CT molecular complexity index is 911. The molecule has 0 saturated heterocycles. The van der Waals surface area contributed by atoms with Gasteiger partial charge in [0.1, 0.15) is 11.8 Å². The first-order chi connectivity index (χ1) is 14.2. The van der Waals surface area contributed by atoms with Gasteiger partial charge in [-0.2, -0.15) is 0 Å². The molecule has 1 N–H and O–H groups in total. The minimum atomic E-state index is -0.661. The van der Waals surface area contributed by atoms with Crippen molar-refractivity contribution in [2.45, 2.75) is 39.8 Å². The molecule has 0 heterocycles. The number of rotatable bonds is 8. The van der Waals surface area contributed by atoms with E-state index in [9.17, 15) is 9.59 Å². The fraction of sp³-hybridized carbons (Fsp3) is 0.364. The van der Waals surface area contributed by atoms with Crippen LogP contribution < -0.4 is 10.1 Å². The number of aryl methyl sites for hydroxylation is 2. The van der Waals surface area contributed by atoms with Crippen molar-refractivity contribution in [2.75, 3.05) is 13.7 Å². The third kappa shape index (κ3) is 6.03. The van der Waals surface area contributed by atoms with Crippen LogP contribution in [0.2, 0.25) is 15.1 Å². The first kappa shape index (κ1) is 24.3. The van der Waals surface area contributed by atoms with E-state index in [1.807, 2.05) is 20.8 Å². The predicted molar refractivity (Wildman–Crippen MR) is 122 cm³/mol. The Morgan fingerprint density at radius 3 is 2.27 bits per heavy atom. The number of carbonyl (C=O) groups excluding carboxylic acids is 2. The molecule has 2 aromatic rings. The third-order valence-corrected chi connectivity index (χ3v) is 5.94. The summed E-state index contributed by atoms with van der Waals surface area (Å²) in [7, 11) is 1.54. The summed E-state index contributed by atoms with van der Waals surface area (Å²) in [6.07, 6.45) is 0.440. The maximum atomic E-state index is 13.1. The highest BCUT2D eigenvalue weighted by Gasteiger charge is 2.29. The van der Waals surface area contributed by atoms with Gasteiger partial charge in [-0.05, 0) is 61.2 Å². The zero-order valence-corrected chi connectivity index (χ0v) is 19.7. The van der Waals surface area contributed by atoms with Gasteiger partial charge in [0.25, 0.3) is 5.91 Å². The predicted octanol–water partition coefficient (Wildman–Crippen LogP) is 5.20. The molecular formula is C22H25Cl3N2O3. The van der Waals surface area contributed by atoms with Crippen LogP contribution in [0.3, 0.4) is 0 Å². The number of amides is 2. The van der Waals surface area contributed by atoms with Crippen molar-refractivity contribution < 1.29 is 14.3 Å². The molecule has 2 amide bonds. The molecule has 162 valence electrons. The topological polar surface area (TPSA) is 58.6 Å². The summed E-state index contributed by atoms with van der Waals surface area (Å²) in [5.74, 6) is -0.0453. The van der Waals surface area contributed by atoms with Gasteiger partial charge in [-0.3, -0.25) is 9.59 Å². The van der Waals surface area contributed by atoms with Crippen LogP contribution in [0.25, 0.3) is 0 Å². The van der Waals surface area contributed by atoms with Crippen molar-refractivity contribution in [1.82, 2.24) is 10.2 Å². The zero-order valence-electron chi connectivity index (χ0n) is 17.4. The van der Waals surface area contributed by atoms with Gasteiger partial charge in [-0.1, -0.05) is 47.8 Å². The largest absolute Gasteiger partial charge is 0.484 e. The first-order valence-electron chi connectivity index (χ1n) is 9.52. The lowest BCUT2D eigenvalue weighted by Crippen LogP contribution is -2.49. The summed E-state index contributed by atoms with van der Waals surface area (Å²) in [6, 6.07) is 7.94. The minimum absolute atomic E-state index is 0.156. The molecule has 0 saturated carbocycles. The zero-order chi connectivity index (χ0) is 22.4. The Kier molecular flexibility index (Phi) is 8.83. The normalized spacial score (nSPS) is 11.7. The van der Waals surface area contributed by atoms with Gasteiger partial charge in [-0.15, -0.1) is 0 Å². The standard InChI is InChI=1S/C22H25Cl3N2O3/c1-5-19(22(29)26-4)27(11-15-6-7-16(23)10-18(15)24)20(28)12-30-17-8-13(2)21(25)14(3)9-17/h6-10,19H,5,11-12H2,1-4H3,(H,26,29). The highest BCUT2D eigenvalue weighted by atomic mass is 35.5. The van der Waals surface area contributed by atoms with Crippen LogP contribution in [0.1, 0.15) is 30.0 Å². The summed E-state index contributed by atoms with van der Waals surface area (Å²) in [6.45, 7) is 5.52. The molecule has 0 aliphatic carbocycles. The highest BCUT2D eigenvalue weighted by Crippen LogP contribution is 2.27. The fourth-order valence-corrected chi connectivity index (χ4v) is 3.71. The number of hydrogen-bond acceptors (Lipinski definition) is 3. The molecule has 1 atom stereocenters. The Morgan fingerprint density at radius 1 is 1.10 bits per heavy atom. The number of nitrogens with one attached hydrogen (secondary N) is 1. The third-order valence-electron chi connectivity index (χ3n) is 4.76. The summed E-state index contributed by atoms with van der Waals surface area (Å²) in [4.78, 5) is 27.0. The van der Waals surface area contributed by atoms with Crippen molar-refractivity contribution in [3.63, 3.8) is 0 Å². The average Bonchev–Trinajstić information content (AvgIpc) is 2.71.